The average molecular weight is 375 g/mol. The lowest BCUT2D eigenvalue weighted by atomic mass is 10.1. The summed E-state index contributed by atoms with van der Waals surface area (Å²) in [5.74, 6) is 2.05. The number of primary sulfonamides is 1. The van der Waals surface area contributed by atoms with Gasteiger partial charge in [-0.1, -0.05) is 17.3 Å². The van der Waals surface area contributed by atoms with Gasteiger partial charge in [0.25, 0.3) is 0 Å². The number of nitrogens with two attached hydrogens (primary N) is 1. The van der Waals surface area contributed by atoms with Crippen LogP contribution in [0.4, 0.5) is 17.6 Å². The molecule has 0 fully saturated rings. The second kappa shape index (κ2) is 7.45. The van der Waals surface area contributed by atoms with Crippen molar-refractivity contribution in [1.29, 1.82) is 0 Å². The number of hydrogen-bond acceptors (Lipinski definition) is 9. The summed E-state index contributed by atoms with van der Waals surface area (Å²) in [6, 6.07) is 8.12. The van der Waals surface area contributed by atoms with Crippen LogP contribution >= 0.6 is 0 Å². The van der Waals surface area contributed by atoms with E-state index in [1.807, 2.05) is 0 Å². The smallest absolute Gasteiger partial charge is 0.244 e. The quantitative estimate of drug-likeness (QED) is 0.554. The highest BCUT2D eigenvalue weighted by Crippen LogP contribution is 2.14. The topological polar surface area (TPSA) is 149 Å². The van der Waals surface area contributed by atoms with Crippen LogP contribution in [0.3, 0.4) is 0 Å². The summed E-state index contributed by atoms with van der Waals surface area (Å²) in [6.07, 6.45) is 2.12. The Kier molecular flexibility index (Phi) is 5.09. The number of nitrogens with one attached hydrogen (secondary N) is 2. The highest BCUT2D eigenvalue weighted by molar-refractivity contribution is 7.89. The van der Waals surface area contributed by atoms with Gasteiger partial charge < -0.3 is 15.2 Å². The summed E-state index contributed by atoms with van der Waals surface area (Å²) in [6.45, 7) is 2.34. The molecular formula is C15H17N7O3S. The second-order valence-corrected chi connectivity index (χ2v) is 7.04. The molecule has 3 aromatic rings. The first-order valence-corrected chi connectivity index (χ1v) is 9.20. The first-order chi connectivity index (χ1) is 12.4. The average Bonchev–Trinajstić information content (AvgIpc) is 3.00. The molecule has 0 radical (unpaired) electrons. The van der Waals surface area contributed by atoms with Gasteiger partial charge in [-0.3, -0.25) is 0 Å². The first-order valence-electron chi connectivity index (χ1n) is 7.66. The van der Waals surface area contributed by atoms with Crippen LogP contribution in [0, 0.1) is 6.92 Å². The molecule has 0 aliphatic heterocycles. The third-order valence-corrected chi connectivity index (χ3v) is 4.32. The minimum atomic E-state index is -3.67. The molecule has 26 heavy (non-hydrogen) atoms. The predicted molar refractivity (Wildman–Crippen MR) is 94.4 cm³/mol. The fraction of sp³-hybridized carbons (Fsp3) is 0.200. The fourth-order valence-electron chi connectivity index (χ4n) is 2.16. The lowest BCUT2D eigenvalue weighted by Crippen LogP contribution is -2.12. The standard InChI is InChI=1S/C15H17N7O3S/c1-10-8-13(22-25-10)19-14-9-18-21-15(20-14)17-7-6-11-2-4-12(5-3-11)26(16,23)24/h2-5,8-9H,6-7H2,1H3,(H2,16,23,24)(H2,17,19,20,21,22). The molecular weight excluding hydrogens is 358 g/mol. The third kappa shape index (κ3) is 4.74. The van der Waals surface area contributed by atoms with Crippen molar-refractivity contribution in [3.8, 4) is 0 Å². The SMILES string of the molecule is Cc1cc(Nc2cnnc(NCCc3ccc(S(N)(=O)=O)cc3)n2)no1. The monoisotopic (exact) mass is 375 g/mol. The number of aryl methyl sites for hydroxylation is 1. The number of sulfonamides is 1. The molecule has 0 unspecified atom stereocenters. The molecule has 2 aromatic heterocycles. The molecule has 136 valence electrons. The largest absolute Gasteiger partial charge is 0.360 e. The molecule has 1 aromatic carbocycles. The molecule has 10 nitrogen and oxygen atoms in total. The van der Waals surface area contributed by atoms with E-state index in [0.29, 0.717) is 36.3 Å². The van der Waals surface area contributed by atoms with Gasteiger partial charge in [0.15, 0.2) is 11.6 Å². The molecule has 2 heterocycles. The van der Waals surface area contributed by atoms with Crippen LogP contribution < -0.4 is 15.8 Å². The lowest BCUT2D eigenvalue weighted by molar-refractivity contribution is 0.400. The van der Waals surface area contributed by atoms with Crippen LogP contribution in [0.1, 0.15) is 11.3 Å². The molecule has 0 aliphatic rings. The fourth-order valence-corrected chi connectivity index (χ4v) is 2.68. The van der Waals surface area contributed by atoms with Gasteiger partial charge in [0.2, 0.25) is 16.0 Å². The number of anilines is 3. The van der Waals surface area contributed by atoms with E-state index in [9.17, 15) is 8.42 Å². The van der Waals surface area contributed by atoms with Crippen molar-refractivity contribution in [2.45, 2.75) is 18.2 Å². The third-order valence-electron chi connectivity index (χ3n) is 3.39. The zero-order valence-electron chi connectivity index (χ0n) is 13.9. The van der Waals surface area contributed by atoms with E-state index in [0.717, 1.165) is 5.56 Å². The first kappa shape index (κ1) is 17.8. The summed E-state index contributed by atoms with van der Waals surface area (Å²) < 4.78 is 27.4. The van der Waals surface area contributed by atoms with Gasteiger partial charge in [0, 0.05) is 12.6 Å². The van der Waals surface area contributed by atoms with E-state index in [1.165, 1.54) is 18.3 Å². The van der Waals surface area contributed by atoms with Crippen molar-refractivity contribution in [1.82, 2.24) is 20.3 Å². The number of hydrogen-bond donors (Lipinski definition) is 3. The van der Waals surface area contributed by atoms with E-state index >= 15 is 0 Å². The van der Waals surface area contributed by atoms with Crippen molar-refractivity contribution < 1.29 is 12.9 Å². The van der Waals surface area contributed by atoms with Crippen molar-refractivity contribution in [3.05, 3.63) is 47.9 Å². The molecule has 0 saturated carbocycles. The van der Waals surface area contributed by atoms with E-state index in [1.54, 1.807) is 25.1 Å². The molecule has 0 atom stereocenters. The normalized spacial score (nSPS) is 11.3. The van der Waals surface area contributed by atoms with Gasteiger partial charge in [-0.05, 0) is 31.0 Å². The van der Waals surface area contributed by atoms with E-state index in [4.69, 9.17) is 9.66 Å². The van der Waals surface area contributed by atoms with Crippen molar-refractivity contribution in [3.63, 3.8) is 0 Å². The van der Waals surface area contributed by atoms with Gasteiger partial charge >= 0.3 is 0 Å². The second-order valence-electron chi connectivity index (χ2n) is 5.48. The maximum atomic E-state index is 11.2. The van der Waals surface area contributed by atoms with Crippen LogP contribution in [0.5, 0.6) is 0 Å². The summed E-state index contributed by atoms with van der Waals surface area (Å²) in [5.41, 5.74) is 0.949. The Balaban J connectivity index is 1.55. The van der Waals surface area contributed by atoms with Gasteiger partial charge in [-0.15, -0.1) is 5.10 Å². The van der Waals surface area contributed by atoms with Crippen LogP contribution in [0.2, 0.25) is 0 Å². The molecule has 0 bridgehead atoms. The Morgan fingerprint density at radius 1 is 1.19 bits per heavy atom. The summed E-state index contributed by atoms with van der Waals surface area (Å²) in [7, 11) is -3.67. The van der Waals surface area contributed by atoms with Crippen molar-refractivity contribution in [2.75, 3.05) is 17.2 Å². The van der Waals surface area contributed by atoms with E-state index in [2.05, 4.69) is 31.0 Å². The lowest BCUT2D eigenvalue weighted by Gasteiger charge is -2.06. The highest BCUT2D eigenvalue weighted by atomic mass is 32.2. The summed E-state index contributed by atoms with van der Waals surface area (Å²) in [5, 5.41) is 22.7. The maximum Gasteiger partial charge on any atom is 0.244 e. The van der Waals surface area contributed by atoms with Crippen LogP contribution in [-0.2, 0) is 16.4 Å². The number of nitrogens with zero attached hydrogens (tertiary/aromatic N) is 4. The van der Waals surface area contributed by atoms with Gasteiger partial charge in [-0.2, -0.15) is 10.1 Å². The van der Waals surface area contributed by atoms with Crippen molar-refractivity contribution in [2.24, 2.45) is 5.14 Å². The molecule has 3 rings (SSSR count). The summed E-state index contributed by atoms with van der Waals surface area (Å²) in [4.78, 5) is 4.37. The zero-order valence-corrected chi connectivity index (χ0v) is 14.7. The highest BCUT2D eigenvalue weighted by Gasteiger charge is 2.07. The number of rotatable bonds is 7. The minimum Gasteiger partial charge on any atom is -0.360 e. The zero-order chi connectivity index (χ0) is 18.6. The van der Waals surface area contributed by atoms with Crippen LogP contribution in [-0.4, -0.2) is 35.3 Å². The maximum absolute atomic E-state index is 11.2. The molecule has 0 saturated heterocycles. The van der Waals surface area contributed by atoms with Crippen molar-refractivity contribution >= 4 is 27.6 Å². The molecule has 11 heteroatoms. The van der Waals surface area contributed by atoms with Gasteiger partial charge in [0.1, 0.15) is 5.76 Å². The number of aromatic nitrogens is 4. The van der Waals surface area contributed by atoms with Gasteiger partial charge in [-0.25, -0.2) is 13.6 Å². The Hall–Kier alpha value is -3.05. The van der Waals surface area contributed by atoms with E-state index < -0.39 is 10.0 Å². The van der Waals surface area contributed by atoms with Gasteiger partial charge in [0.05, 0.1) is 11.1 Å². The Morgan fingerprint density at radius 3 is 2.62 bits per heavy atom. The molecule has 0 amide bonds. The predicted octanol–water partition coefficient (Wildman–Crippen LogP) is 1.21. The van der Waals surface area contributed by atoms with E-state index in [-0.39, 0.29) is 4.90 Å². The Bertz CT molecular complexity index is 986. The number of benzene rings is 1. The minimum absolute atomic E-state index is 0.0867. The molecule has 4 N–H and O–H groups in total. The Labute approximate surface area is 149 Å². The summed E-state index contributed by atoms with van der Waals surface area (Å²) >= 11 is 0. The van der Waals surface area contributed by atoms with Crippen LogP contribution in [0.15, 0.2) is 45.9 Å². The Morgan fingerprint density at radius 2 is 1.96 bits per heavy atom. The molecule has 0 aliphatic carbocycles. The van der Waals surface area contributed by atoms with Crippen LogP contribution in [0.25, 0.3) is 0 Å². The molecule has 0 spiro atoms.